The number of rotatable bonds is 3. The third-order valence-electron chi connectivity index (χ3n) is 3.15. The van der Waals surface area contributed by atoms with Crippen LogP contribution in [-0.2, 0) is 0 Å². The lowest BCUT2D eigenvalue weighted by Gasteiger charge is -2.17. The van der Waals surface area contributed by atoms with Crippen LogP contribution < -0.4 is 11.3 Å². The first kappa shape index (κ1) is 11.9. The van der Waals surface area contributed by atoms with E-state index in [1.165, 1.54) is 26.1 Å². The van der Waals surface area contributed by atoms with Crippen molar-refractivity contribution in [2.75, 3.05) is 0 Å². The van der Waals surface area contributed by atoms with Gasteiger partial charge in [0.2, 0.25) is 0 Å². The zero-order chi connectivity index (χ0) is 12.5. The summed E-state index contributed by atoms with van der Waals surface area (Å²) < 4.78 is 1.31. The topological polar surface area (TPSA) is 38.0 Å². The average Bonchev–Trinajstić information content (AvgIpc) is 3.00. The van der Waals surface area contributed by atoms with Crippen molar-refractivity contribution in [3.05, 3.63) is 57.1 Å². The van der Waals surface area contributed by atoms with Crippen molar-refractivity contribution < 1.29 is 0 Å². The van der Waals surface area contributed by atoms with Crippen molar-refractivity contribution in [2.24, 2.45) is 5.84 Å². The SMILES string of the molecule is Cc1ccsc1C(NN)c1cccc2ccsc12. The van der Waals surface area contributed by atoms with E-state index in [1.807, 2.05) is 0 Å². The quantitative estimate of drug-likeness (QED) is 0.563. The standard InChI is InChI=1S/C14H14N2S2/c1-9-5-7-17-13(9)12(16-15)11-4-2-3-10-6-8-18-14(10)11/h2-8,12,16H,15H2,1H3. The fourth-order valence-corrected chi connectivity index (χ4v) is 4.18. The summed E-state index contributed by atoms with van der Waals surface area (Å²) >= 11 is 3.52. The van der Waals surface area contributed by atoms with E-state index in [4.69, 9.17) is 5.84 Å². The maximum atomic E-state index is 5.79. The molecule has 0 bridgehead atoms. The Morgan fingerprint density at radius 1 is 1.11 bits per heavy atom. The molecule has 4 heteroatoms. The molecule has 0 saturated carbocycles. The minimum Gasteiger partial charge on any atom is -0.271 e. The highest BCUT2D eigenvalue weighted by molar-refractivity contribution is 7.17. The maximum absolute atomic E-state index is 5.79. The number of nitrogens with one attached hydrogen (secondary N) is 1. The van der Waals surface area contributed by atoms with Gasteiger partial charge in [-0.3, -0.25) is 5.84 Å². The fourth-order valence-electron chi connectivity index (χ4n) is 2.23. The summed E-state index contributed by atoms with van der Waals surface area (Å²) in [4.78, 5) is 1.29. The Morgan fingerprint density at radius 2 is 1.94 bits per heavy atom. The summed E-state index contributed by atoms with van der Waals surface area (Å²) in [5.41, 5.74) is 5.51. The smallest absolute Gasteiger partial charge is 0.0819 e. The number of aryl methyl sites for hydroxylation is 1. The molecule has 0 radical (unpaired) electrons. The first-order valence-electron chi connectivity index (χ1n) is 5.77. The van der Waals surface area contributed by atoms with E-state index in [9.17, 15) is 0 Å². The lowest BCUT2D eigenvalue weighted by Crippen LogP contribution is -2.28. The molecule has 0 aliphatic carbocycles. The molecule has 0 fully saturated rings. The van der Waals surface area contributed by atoms with Gasteiger partial charge in [-0.2, -0.15) is 0 Å². The summed E-state index contributed by atoms with van der Waals surface area (Å²) in [6.45, 7) is 2.13. The molecule has 2 aromatic heterocycles. The second-order valence-corrected chi connectivity index (χ2v) is 6.12. The number of benzene rings is 1. The van der Waals surface area contributed by atoms with E-state index in [2.05, 4.69) is 53.4 Å². The Morgan fingerprint density at radius 3 is 2.67 bits per heavy atom. The van der Waals surface area contributed by atoms with Gasteiger partial charge in [-0.25, -0.2) is 5.43 Å². The molecular formula is C14H14N2S2. The second-order valence-electron chi connectivity index (χ2n) is 4.25. The minimum atomic E-state index is 0.0762. The Bertz CT molecular complexity index is 669. The van der Waals surface area contributed by atoms with Gasteiger partial charge in [-0.1, -0.05) is 18.2 Å². The summed E-state index contributed by atoms with van der Waals surface area (Å²) in [5, 5.41) is 5.53. The molecule has 3 N–H and O–H groups in total. The molecule has 1 aromatic carbocycles. The number of fused-ring (bicyclic) bond motifs is 1. The van der Waals surface area contributed by atoms with Gasteiger partial charge < -0.3 is 0 Å². The first-order valence-corrected chi connectivity index (χ1v) is 7.53. The summed E-state index contributed by atoms with van der Waals surface area (Å²) in [6, 6.07) is 10.8. The van der Waals surface area contributed by atoms with Crippen LogP contribution in [0, 0.1) is 6.92 Å². The molecule has 0 saturated heterocycles. The van der Waals surface area contributed by atoms with Crippen molar-refractivity contribution in [3.8, 4) is 0 Å². The van der Waals surface area contributed by atoms with Crippen LogP contribution in [0.3, 0.4) is 0 Å². The van der Waals surface area contributed by atoms with Gasteiger partial charge in [0.25, 0.3) is 0 Å². The maximum Gasteiger partial charge on any atom is 0.0819 e. The van der Waals surface area contributed by atoms with Crippen molar-refractivity contribution in [2.45, 2.75) is 13.0 Å². The summed E-state index contributed by atoms with van der Waals surface area (Å²) in [7, 11) is 0. The molecule has 3 aromatic rings. The van der Waals surface area contributed by atoms with Gasteiger partial charge in [-0.05, 0) is 46.3 Å². The normalized spacial score (nSPS) is 13.0. The van der Waals surface area contributed by atoms with Crippen molar-refractivity contribution in [3.63, 3.8) is 0 Å². The molecule has 0 aliphatic rings. The predicted molar refractivity (Wildman–Crippen MR) is 80.0 cm³/mol. The molecule has 1 atom stereocenters. The van der Waals surface area contributed by atoms with E-state index in [1.54, 1.807) is 22.7 Å². The molecule has 92 valence electrons. The monoisotopic (exact) mass is 274 g/mol. The molecule has 0 aliphatic heterocycles. The van der Waals surface area contributed by atoms with Gasteiger partial charge >= 0.3 is 0 Å². The highest BCUT2D eigenvalue weighted by Crippen LogP contribution is 2.35. The van der Waals surface area contributed by atoms with Crippen molar-refractivity contribution in [1.29, 1.82) is 0 Å². The van der Waals surface area contributed by atoms with Crippen LogP contribution in [0.5, 0.6) is 0 Å². The van der Waals surface area contributed by atoms with Crippen molar-refractivity contribution >= 4 is 32.8 Å². The van der Waals surface area contributed by atoms with Gasteiger partial charge in [0.15, 0.2) is 0 Å². The van der Waals surface area contributed by atoms with E-state index < -0.39 is 0 Å². The largest absolute Gasteiger partial charge is 0.271 e. The first-order chi connectivity index (χ1) is 8.81. The summed E-state index contributed by atoms with van der Waals surface area (Å²) in [6.07, 6.45) is 0. The van der Waals surface area contributed by atoms with Gasteiger partial charge in [0.1, 0.15) is 0 Å². The van der Waals surface area contributed by atoms with Gasteiger partial charge in [0, 0.05) is 9.58 Å². The zero-order valence-electron chi connectivity index (χ0n) is 10.0. The molecule has 2 nitrogen and oxygen atoms in total. The molecule has 18 heavy (non-hydrogen) atoms. The highest BCUT2D eigenvalue weighted by atomic mass is 32.1. The van der Waals surface area contributed by atoms with Gasteiger partial charge in [0.05, 0.1) is 6.04 Å². The van der Waals surface area contributed by atoms with Crippen LogP contribution >= 0.6 is 22.7 Å². The molecular weight excluding hydrogens is 260 g/mol. The number of thiophene rings is 2. The third-order valence-corrected chi connectivity index (χ3v) is 5.21. The Kier molecular flexibility index (Phi) is 3.18. The number of hydrazine groups is 1. The van der Waals surface area contributed by atoms with E-state index in [0.29, 0.717) is 0 Å². The molecule has 0 spiro atoms. The third kappa shape index (κ3) is 1.87. The molecule has 3 rings (SSSR count). The molecule has 2 heterocycles. The van der Waals surface area contributed by atoms with E-state index in [0.717, 1.165) is 0 Å². The van der Waals surface area contributed by atoms with Crippen LogP contribution in [0.15, 0.2) is 41.1 Å². The fraction of sp³-hybridized carbons (Fsp3) is 0.143. The second kappa shape index (κ2) is 4.82. The Balaban J connectivity index is 2.17. The average molecular weight is 274 g/mol. The lowest BCUT2D eigenvalue weighted by molar-refractivity contribution is 0.648. The van der Waals surface area contributed by atoms with Crippen LogP contribution in [0.2, 0.25) is 0 Å². The summed E-state index contributed by atoms with van der Waals surface area (Å²) in [5.74, 6) is 5.79. The highest BCUT2D eigenvalue weighted by Gasteiger charge is 2.18. The zero-order valence-corrected chi connectivity index (χ0v) is 11.6. The molecule has 1 unspecified atom stereocenters. The van der Waals surface area contributed by atoms with Crippen LogP contribution in [0.1, 0.15) is 22.0 Å². The lowest BCUT2D eigenvalue weighted by atomic mass is 10.0. The van der Waals surface area contributed by atoms with E-state index in [-0.39, 0.29) is 6.04 Å². The van der Waals surface area contributed by atoms with Crippen LogP contribution in [-0.4, -0.2) is 0 Å². The van der Waals surface area contributed by atoms with Crippen LogP contribution in [0.25, 0.3) is 10.1 Å². The number of nitrogens with two attached hydrogens (primary N) is 1. The van der Waals surface area contributed by atoms with Crippen molar-refractivity contribution in [1.82, 2.24) is 5.43 Å². The number of hydrogen-bond donors (Lipinski definition) is 2. The van der Waals surface area contributed by atoms with Gasteiger partial charge in [-0.15, -0.1) is 22.7 Å². The minimum absolute atomic E-state index is 0.0762. The Hall–Kier alpha value is -1.20. The number of hydrogen-bond acceptors (Lipinski definition) is 4. The molecule has 0 amide bonds. The van der Waals surface area contributed by atoms with Crippen LogP contribution in [0.4, 0.5) is 0 Å². The Labute approximate surface area is 114 Å². The predicted octanol–water partition coefficient (Wildman–Crippen LogP) is 3.82. The van der Waals surface area contributed by atoms with E-state index >= 15 is 0 Å².